The fourth-order valence-corrected chi connectivity index (χ4v) is 3.03. The quantitative estimate of drug-likeness (QED) is 0.819. The molecule has 3 nitrogen and oxygen atoms in total. The van der Waals surface area contributed by atoms with Gasteiger partial charge in [-0.1, -0.05) is 12.8 Å². The molecule has 0 unspecified atom stereocenters. The minimum atomic E-state index is 0. The first-order chi connectivity index (χ1) is 7.74. The van der Waals surface area contributed by atoms with Gasteiger partial charge in [-0.25, -0.2) is 0 Å². The van der Waals surface area contributed by atoms with Gasteiger partial charge < -0.3 is 11.1 Å². The van der Waals surface area contributed by atoms with Gasteiger partial charge in [0.1, 0.15) is 0 Å². The maximum atomic E-state index is 11.8. The van der Waals surface area contributed by atoms with E-state index in [9.17, 15) is 4.79 Å². The second kappa shape index (κ2) is 7.22. The molecule has 4 heteroatoms. The Morgan fingerprint density at radius 1 is 1.06 bits per heavy atom. The Morgan fingerprint density at radius 3 is 2.24 bits per heavy atom. The lowest BCUT2D eigenvalue weighted by Gasteiger charge is -2.27. The molecule has 1 amide bonds. The van der Waals surface area contributed by atoms with Crippen molar-refractivity contribution in [2.24, 2.45) is 11.7 Å². The molecular formula is C13H25ClN2O. The standard InChI is InChI=1S/C13H24N2O.ClH/c14-11-5-7-12(8-6-11)15-13(16)9-10-3-1-2-4-10;/h10-12H,1-9,14H2,(H,15,16);1H. The molecule has 2 rings (SSSR count). The van der Waals surface area contributed by atoms with Crippen LogP contribution in [0, 0.1) is 5.92 Å². The van der Waals surface area contributed by atoms with Crippen LogP contribution >= 0.6 is 12.4 Å². The van der Waals surface area contributed by atoms with Gasteiger partial charge in [-0.2, -0.15) is 0 Å². The molecule has 0 bridgehead atoms. The molecule has 0 radical (unpaired) electrons. The molecule has 2 fully saturated rings. The van der Waals surface area contributed by atoms with Gasteiger partial charge >= 0.3 is 0 Å². The van der Waals surface area contributed by atoms with E-state index in [1.54, 1.807) is 0 Å². The van der Waals surface area contributed by atoms with E-state index in [-0.39, 0.29) is 18.3 Å². The smallest absolute Gasteiger partial charge is 0.220 e. The van der Waals surface area contributed by atoms with Gasteiger partial charge in [-0.15, -0.1) is 12.4 Å². The Labute approximate surface area is 110 Å². The van der Waals surface area contributed by atoms with Crippen LogP contribution in [0.25, 0.3) is 0 Å². The van der Waals surface area contributed by atoms with Gasteiger partial charge in [0.15, 0.2) is 0 Å². The summed E-state index contributed by atoms with van der Waals surface area (Å²) in [7, 11) is 0. The first-order valence-corrected chi connectivity index (χ1v) is 6.79. The van der Waals surface area contributed by atoms with Crippen LogP contribution in [0.1, 0.15) is 57.8 Å². The Balaban J connectivity index is 0.00000144. The molecule has 0 spiro atoms. The van der Waals surface area contributed by atoms with Gasteiger partial charge in [0, 0.05) is 18.5 Å². The first-order valence-electron chi connectivity index (χ1n) is 6.79. The highest BCUT2D eigenvalue weighted by molar-refractivity contribution is 5.85. The zero-order chi connectivity index (χ0) is 11.4. The van der Waals surface area contributed by atoms with Crippen LogP contribution in [-0.4, -0.2) is 18.0 Å². The molecule has 2 aliphatic carbocycles. The lowest BCUT2D eigenvalue weighted by molar-refractivity contribution is -0.122. The van der Waals surface area contributed by atoms with Gasteiger partial charge in [0.2, 0.25) is 5.91 Å². The molecule has 0 aromatic rings. The number of hydrogen-bond donors (Lipinski definition) is 2. The summed E-state index contributed by atoms with van der Waals surface area (Å²) in [6.07, 6.45) is 10.2. The zero-order valence-electron chi connectivity index (χ0n) is 10.5. The average molecular weight is 261 g/mol. The molecule has 0 aromatic heterocycles. The number of carbonyl (C=O) groups is 1. The van der Waals surface area contributed by atoms with E-state index < -0.39 is 0 Å². The molecule has 0 saturated heterocycles. The van der Waals surface area contributed by atoms with Gasteiger partial charge in [0.05, 0.1) is 0 Å². The minimum Gasteiger partial charge on any atom is -0.353 e. The SMILES string of the molecule is Cl.NC1CCC(NC(=O)CC2CCCC2)CC1. The van der Waals surface area contributed by atoms with Gasteiger partial charge in [0.25, 0.3) is 0 Å². The fourth-order valence-electron chi connectivity index (χ4n) is 3.03. The molecule has 0 aliphatic heterocycles. The molecule has 2 saturated carbocycles. The third-order valence-corrected chi connectivity index (χ3v) is 4.09. The van der Waals surface area contributed by atoms with E-state index >= 15 is 0 Å². The zero-order valence-corrected chi connectivity index (χ0v) is 11.3. The molecule has 100 valence electrons. The maximum absolute atomic E-state index is 11.8. The van der Waals surface area contributed by atoms with E-state index in [2.05, 4.69) is 5.32 Å². The van der Waals surface area contributed by atoms with Crippen molar-refractivity contribution in [3.8, 4) is 0 Å². The van der Waals surface area contributed by atoms with Crippen molar-refractivity contribution in [2.45, 2.75) is 69.9 Å². The monoisotopic (exact) mass is 260 g/mol. The first kappa shape index (κ1) is 14.8. The van der Waals surface area contributed by atoms with Gasteiger partial charge in [-0.3, -0.25) is 4.79 Å². The van der Waals surface area contributed by atoms with E-state index in [1.807, 2.05) is 0 Å². The molecule has 17 heavy (non-hydrogen) atoms. The van der Waals surface area contributed by atoms with Crippen molar-refractivity contribution in [3.63, 3.8) is 0 Å². The largest absolute Gasteiger partial charge is 0.353 e. The molecule has 0 heterocycles. The van der Waals surface area contributed by atoms with Crippen LogP contribution in [0.2, 0.25) is 0 Å². The molecule has 0 atom stereocenters. The highest BCUT2D eigenvalue weighted by Crippen LogP contribution is 2.27. The lowest BCUT2D eigenvalue weighted by Crippen LogP contribution is -2.40. The second-order valence-electron chi connectivity index (χ2n) is 5.53. The van der Waals surface area contributed by atoms with Crippen LogP contribution in [0.3, 0.4) is 0 Å². The Hall–Kier alpha value is -0.280. The third-order valence-electron chi connectivity index (χ3n) is 4.09. The van der Waals surface area contributed by atoms with Crippen molar-refractivity contribution < 1.29 is 4.79 Å². The van der Waals surface area contributed by atoms with E-state index in [4.69, 9.17) is 5.73 Å². The van der Waals surface area contributed by atoms with Crippen molar-refractivity contribution >= 4 is 18.3 Å². The highest BCUT2D eigenvalue weighted by atomic mass is 35.5. The minimum absolute atomic E-state index is 0. The number of hydrogen-bond acceptors (Lipinski definition) is 2. The third kappa shape index (κ3) is 4.84. The topological polar surface area (TPSA) is 55.1 Å². The molecule has 3 N–H and O–H groups in total. The summed E-state index contributed by atoms with van der Waals surface area (Å²) in [5.74, 6) is 0.929. The Bertz CT molecular complexity index is 234. The number of nitrogens with one attached hydrogen (secondary N) is 1. The van der Waals surface area contributed by atoms with Crippen LogP contribution < -0.4 is 11.1 Å². The van der Waals surface area contributed by atoms with Crippen LogP contribution in [0.4, 0.5) is 0 Å². The lowest BCUT2D eigenvalue weighted by atomic mass is 9.91. The molecule has 2 aliphatic rings. The normalized spacial score (nSPS) is 29.7. The summed E-state index contributed by atoms with van der Waals surface area (Å²) in [6, 6.07) is 0.761. The summed E-state index contributed by atoms with van der Waals surface area (Å²) in [6.45, 7) is 0. The van der Waals surface area contributed by atoms with Crippen LogP contribution in [0.15, 0.2) is 0 Å². The summed E-state index contributed by atoms with van der Waals surface area (Å²) in [5.41, 5.74) is 5.85. The highest BCUT2D eigenvalue weighted by Gasteiger charge is 2.22. The summed E-state index contributed by atoms with van der Waals surface area (Å²) >= 11 is 0. The second-order valence-corrected chi connectivity index (χ2v) is 5.53. The summed E-state index contributed by atoms with van der Waals surface area (Å²) < 4.78 is 0. The van der Waals surface area contributed by atoms with Gasteiger partial charge in [-0.05, 0) is 44.4 Å². The number of rotatable bonds is 3. The fraction of sp³-hybridized carbons (Fsp3) is 0.923. The van der Waals surface area contributed by atoms with Crippen molar-refractivity contribution in [3.05, 3.63) is 0 Å². The predicted molar refractivity (Wildman–Crippen MR) is 72.2 cm³/mol. The maximum Gasteiger partial charge on any atom is 0.220 e. The average Bonchev–Trinajstić information content (AvgIpc) is 2.74. The molecule has 0 aromatic carbocycles. The van der Waals surface area contributed by atoms with Crippen molar-refractivity contribution in [1.82, 2.24) is 5.32 Å². The van der Waals surface area contributed by atoms with E-state index in [1.165, 1.54) is 25.7 Å². The van der Waals surface area contributed by atoms with E-state index in [0.29, 0.717) is 18.0 Å². The molecular weight excluding hydrogens is 236 g/mol. The Kier molecular flexibility index (Phi) is 6.28. The van der Waals surface area contributed by atoms with E-state index in [0.717, 1.165) is 32.1 Å². The predicted octanol–water partition coefficient (Wildman–Crippen LogP) is 2.37. The number of halogens is 1. The number of nitrogens with two attached hydrogens (primary N) is 1. The van der Waals surface area contributed by atoms with Crippen molar-refractivity contribution in [2.75, 3.05) is 0 Å². The van der Waals surface area contributed by atoms with Crippen LogP contribution in [0.5, 0.6) is 0 Å². The van der Waals surface area contributed by atoms with Crippen LogP contribution in [-0.2, 0) is 4.79 Å². The number of carbonyl (C=O) groups excluding carboxylic acids is 1. The number of amides is 1. The summed E-state index contributed by atoms with van der Waals surface area (Å²) in [5, 5.41) is 3.17. The Morgan fingerprint density at radius 2 is 1.65 bits per heavy atom. The summed E-state index contributed by atoms with van der Waals surface area (Å²) in [4.78, 5) is 11.8. The van der Waals surface area contributed by atoms with Crippen molar-refractivity contribution in [1.29, 1.82) is 0 Å².